The summed E-state index contributed by atoms with van der Waals surface area (Å²) in [5.74, 6) is -0.225. The number of nitrogens with zero attached hydrogens (tertiary/aromatic N) is 2. The number of aromatic nitrogens is 2. The summed E-state index contributed by atoms with van der Waals surface area (Å²) in [4.78, 5) is 12.2. The summed E-state index contributed by atoms with van der Waals surface area (Å²) in [6.45, 7) is 0.395. The number of carbonyl (C=O) groups is 1. The summed E-state index contributed by atoms with van der Waals surface area (Å²) in [5, 5.41) is 19.3. The first-order valence-corrected chi connectivity index (χ1v) is 6.48. The third kappa shape index (κ3) is 2.60. The Kier molecular flexibility index (Phi) is 3.36. The molecule has 0 aliphatic carbocycles. The highest BCUT2D eigenvalue weighted by atomic mass is 16.1. The summed E-state index contributed by atoms with van der Waals surface area (Å²) in [7, 11) is 0. The molecule has 1 aromatic heterocycles. The second-order valence-electron chi connectivity index (χ2n) is 4.61. The van der Waals surface area contributed by atoms with Gasteiger partial charge in [-0.05, 0) is 23.8 Å². The summed E-state index contributed by atoms with van der Waals surface area (Å²) in [6.07, 6.45) is 0. The topological polar surface area (TPSA) is 81.6 Å². The third-order valence-electron chi connectivity index (χ3n) is 3.22. The highest BCUT2D eigenvalue weighted by molar-refractivity contribution is 6.04. The van der Waals surface area contributed by atoms with E-state index < -0.39 is 0 Å². The van der Waals surface area contributed by atoms with Crippen LogP contribution in [0, 0.1) is 11.3 Å². The summed E-state index contributed by atoms with van der Waals surface area (Å²) < 4.78 is 0. The van der Waals surface area contributed by atoms with Gasteiger partial charge in [0.05, 0.1) is 17.1 Å². The molecule has 0 bridgehead atoms. The van der Waals surface area contributed by atoms with Crippen molar-refractivity contribution in [3.8, 4) is 6.07 Å². The van der Waals surface area contributed by atoms with Crippen LogP contribution in [0.4, 0.5) is 0 Å². The van der Waals surface area contributed by atoms with Crippen molar-refractivity contribution in [2.75, 3.05) is 0 Å². The number of H-pyrrole nitrogens is 1. The minimum absolute atomic E-state index is 0.225. The van der Waals surface area contributed by atoms with Crippen LogP contribution in [0.3, 0.4) is 0 Å². The van der Waals surface area contributed by atoms with Gasteiger partial charge in [0, 0.05) is 11.9 Å². The standard InChI is InChI=1S/C16H12N4O/c17-9-11-5-7-12(8-6-11)10-18-16(21)15-13-3-1-2-4-14(13)19-20-15/h1-8H,10H2,(H,18,21)(H,19,20). The van der Waals surface area contributed by atoms with Gasteiger partial charge in [-0.2, -0.15) is 10.4 Å². The van der Waals surface area contributed by atoms with Gasteiger partial charge in [0.25, 0.3) is 5.91 Å². The number of rotatable bonds is 3. The molecule has 21 heavy (non-hydrogen) atoms. The molecule has 5 nitrogen and oxygen atoms in total. The lowest BCUT2D eigenvalue weighted by Crippen LogP contribution is -2.23. The van der Waals surface area contributed by atoms with E-state index in [1.54, 1.807) is 12.1 Å². The second kappa shape index (κ2) is 5.47. The van der Waals surface area contributed by atoms with E-state index in [2.05, 4.69) is 21.6 Å². The van der Waals surface area contributed by atoms with Crippen molar-refractivity contribution in [2.45, 2.75) is 6.54 Å². The van der Waals surface area contributed by atoms with Crippen LogP contribution in [0.2, 0.25) is 0 Å². The number of hydrogen-bond acceptors (Lipinski definition) is 3. The van der Waals surface area contributed by atoms with Gasteiger partial charge in [0.15, 0.2) is 5.69 Å². The van der Waals surface area contributed by atoms with E-state index >= 15 is 0 Å². The molecule has 2 N–H and O–H groups in total. The summed E-state index contributed by atoms with van der Waals surface area (Å²) in [5.41, 5.74) is 2.76. The highest BCUT2D eigenvalue weighted by Crippen LogP contribution is 2.15. The Labute approximate surface area is 121 Å². The van der Waals surface area contributed by atoms with Crippen molar-refractivity contribution in [1.82, 2.24) is 15.5 Å². The van der Waals surface area contributed by atoms with E-state index in [0.717, 1.165) is 16.5 Å². The molecule has 0 unspecified atom stereocenters. The number of carbonyl (C=O) groups excluding carboxylic acids is 1. The maximum atomic E-state index is 12.2. The zero-order valence-electron chi connectivity index (χ0n) is 11.1. The van der Waals surface area contributed by atoms with Gasteiger partial charge < -0.3 is 5.32 Å². The maximum absolute atomic E-state index is 12.2. The fraction of sp³-hybridized carbons (Fsp3) is 0.0625. The van der Waals surface area contributed by atoms with E-state index in [4.69, 9.17) is 5.26 Å². The fourth-order valence-electron chi connectivity index (χ4n) is 2.10. The molecule has 0 radical (unpaired) electrons. The molecule has 0 aliphatic rings. The van der Waals surface area contributed by atoms with Gasteiger partial charge in [0.1, 0.15) is 0 Å². The molecule has 3 rings (SSSR count). The summed E-state index contributed by atoms with van der Waals surface area (Å²) >= 11 is 0. The number of nitrogens with one attached hydrogen (secondary N) is 2. The monoisotopic (exact) mass is 276 g/mol. The predicted molar refractivity (Wildman–Crippen MR) is 78.4 cm³/mol. The van der Waals surface area contributed by atoms with Crippen LogP contribution in [0.15, 0.2) is 48.5 Å². The average Bonchev–Trinajstić information content (AvgIpc) is 2.97. The van der Waals surface area contributed by atoms with E-state index in [1.165, 1.54) is 0 Å². The molecule has 1 heterocycles. The molecule has 0 saturated carbocycles. The van der Waals surface area contributed by atoms with Gasteiger partial charge in [0.2, 0.25) is 0 Å². The van der Waals surface area contributed by atoms with Crippen molar-refractivity contribution < 1.29 is 4.79 Å². The molecule has 2 aromatic carbocycles. The van der Waals surface area contributed by atoms with Gasteiger partial charge in [-0.1, -0.05) is 30.3 Å². The van der Waals surface area contributed by atoms with E-state index in [0.29, 0.717) is 17.8 Å². The van der Waals surface area contributed by atoms with Crippen molar-refractivity contribution in [3.63, 3.8) is 0 Å². The Morgan fingerprint density at radius 2 is 1.95 bits per heavy atom. The predicted octanol–water partition coefficient (Wildman–Crippen LogP) is 2.36. The SMILES string of the molecule is N#Cc1ccc(CNC(=O)c2n[nH]c3ccccc23)cc1. The molecule has 0 aliphatic heterocycles. The smallest absolute Gasteiger partial charge is 0.272 e. The van der Waals surface area contributed by atoms with Crippen molar-refractivity contribution in [1.29, 1.82) is 5.26 Å². The minimum atomic E-state index is -0.225. The van der Waals surface area contributed by atoms with Crippen LogP contribution in [0.5, 0.6) is 0 Å². The number of aromatic amines is 1. The average molecular weight is 276 g/mol. The first-order valence-electron chi connectivity index (χ1n) is 6.48. The van der Waals surface area contributed by atoms with Crippen LogP contribution in [-0.2, 0) is 6.54 Å². The summed E-state index contributed by atoms with van der Waals surface area (Å²) in [6, 6.07) is 16.6. The molecule has 0 spiro atoms. The van der Waals surface area contributed by atoms with Crippen LogP contribution in [0.25, 0.3) is 10.9 Å². The van der Waals surface area contributed by atoms with Gasteiger partial charge in [-0.15, -0.1) is 0 Å². The van der Waals surface area contributed by atoms with Crippen molar-refractivity contribution in [2.24, 2.45) is 0 Å². The normalized spacial score (nSPS) is 10.2. The molecule has 0 fully saturated rings. The van der Waals surface area contributed by atoms with Crippen molar-refractivity contribution in [3.05, 3.63) is 65.4 Å². The number of hydrogen-bond donors (Lipinski definition) is 2. The van der Waals surface area contributed by atoms with Gasteiger partial charge in [-0.3, -0.25) is 9.89 Å². The molecular formula is C16H12N4O. The quantitative estimate of drug-likeness (QED) is 0.770. The number of benzene rings is 2. The Morgan fingerprint density at radius 3 is 2.71 bits per heavy atom. The number of amides is 1. The Balaban J connectivity index is 1.73. The Hall–Kier alpha value is -3.13. The van der Waals surface area contributed by atoms with Gasteiger partial charge >= 0.3 is 0 Å². The van der Waals surface area contributed by atoms with Crippen LogP contribution in [-0.4, -0.2) is 16.1 Å². The lowest BCUT2D eigenvalue weighted by molar-refractivity contribution is 0.0947. The van der Waals surface area contributed by atoms with E-state index in [1.807, 2.05) is 36.4 Å². The first kappa shape index (κ1) is 12.9. The first-order chi connectivity index (χ1) is 10.3. The zero-order chi connectivity index (χ0) is 14.7. The van der Waals surface area contributed by atoms with E-state index in [-0.39, 0.29) is 5.91 Å². The Morgan fingerprint density at radius 1 is 1.19 bits per heavy atom. The molecule has 1 amide bonds. The largest absolute Gasteiger partial charge is 0.347 e. The van der Waals surface area contributed by atoms with Crippen LogP contribution in [0.1, 0.15) is 21.6 Å². The van der Waals surface area contributed by atoms with Gasteiger partial charge in [-0.25, -0.2) is 0 Å². The molecule has 3 aromatic rings. The Bertz CT molecular complexity index is 827. The molecular weight excluding hydrogens is 264 g/mol. The highest BCUT2D eigenvalue weighted by Gasteiger charge is 2.13. The number of para-hydroxylation sites is 1. The van der Waals surface area contributed by atoms with E-state index in [9.17, 15) is 4.79 Å². The molecule has 102 valence electrons. The minimum Gasteiger partial charge on any atom is -0.347 e. The number of fused-ring (bicyclic) bond motifs is 1. The lowest BCUT2D eigenvalue weighted by Gasteiger charge is -2.04. The molecule has 5 heteroatoms. The van der Waals surface area contributed by atoms with Crippen LogP contribution >= 0.6 is 0 Å². The van der Waals surface area contributed by atoms with Crippen molar-refractivity contribution >= 4 is 16.8 Å². The fourth-order valence-corrected chi connectivity index (χ4v) is 2.10. The number of nitriles is 1. The second-order valence-corrected chi connectivity index (χ2v) is 4.61. The van der Waals surface area contributed by atoms with Crippen LogP contribution < -0.4 is 5.32 Å². The zero-order valence-corrected chi connectivity index (χ0v) is 11.1. The molecule has 0 atom stereocenters. The third-order valence-corrected chi connectivity index (χ3v) is 3.22. The molecule has 0 saturated heterocycles. The lowest BCUT2D eigenvalue weighted by atomic mass is 10.1. The maximum Gasteiger partial charge on any atom is 0.272 e.